The zero-order valence-electron chi connectivity index (χ0n) is 12.9. The number of nitrogens with one attached hydrogen (secondary N) is 2. The van der Waals surface area contributed by atoms with Crippen molar-refractivity contribution in [1.29, 1.82) is 0 Å². The van der Waals surface area contributed by atoms with E-state index in [0.717, 1.165) is 5.69 Å². The van der Waals surface area contributed by atoms with Crippen LogP contribution in [0.1, 0.15) is 12.5 Å². The fourth-order valence-electron chi connectivity index (χ4n) is 1.88. The number of hydrogen-bond acceptors (Lipinski definition) is 5. The molecule has 0 spiro atoms. The van der Waals surface area contributed by atoms with Crippen LogP contribution < -0.4 is 15.5 Å². The summed E-state index contributed by atoms with van der Waals surface area (Å²) in [5, 5.41) is 18.3. The molecule has 0 bridgehead atoms. The molecule has 0 atom stereocenters. The average molecular weight is 344 g/mol. The number of ether oxygens (including phenoxy) is 1. The van der Waals surface area contributed by atoms with Crippen LogP contribution in [0.5, 0.6) is 5.75 Å². The molecular weight excluding hydrogens is 328 g/mol. The number of hydrogen-bond donors (Lipinski definition) is 2. The van der Waals surface area contributed by atoms with Crippen LogP contribution in [0, 0.1) is 10.1 Å². The molecule has 0 aliphatic rings. The van der Waals surface area contributed by atoms with Crippen LogP contribution in [-0.2, 0) is 0 Å². The molecular formula is C16H16N4O3S. The topological polar surface area (TPSA) is 88.8 Å². The molecule has 2 N–H and O–H groups in total. The van der Waals surface area contributed by atoms with Crippen LogP contribution in [0.25, 0.3) is 0 Å². The minimum atomic E-state index is -0.489. The third kappa shape index (κ3) is 5.03. The molecule has 124 valence electrons. The summed E-state index contributed by atoms with van der Waals surface area (Å²) in [7, 11) is 0. The molecule has 0 heterocycles. The van der Waals surface area contributed by atoms with Gasteiger partial charge >= 0.3 is 5.69 Å². The number of nitrogens with zero attached hydrogens (tertiary/aromatic N) is 2. The normalized spacial score (nSPS) is 10.4. The van der Waals surface area contributed by atoms with E-state index in [9.17, 15) is 10.1 Å². The summed E-state index contributed by atoms with van der Waals surface area (Å²) in [6.45, 7) is 2.12. The summed E-state index contributed by atoms with van der Waals surface area (Å²) in [4.78, 5) is 10.6. The van der Waals surface area contributed by atoms with Gasteiger partial charge in [-0.15, -0.1) is 0 Å². The van der Waals surface area contributed by atoms with Crippen LogP contribution >= 0.6 is 12.2 Å². The number of benzene rings is 2. The Kier molecular flexibility index (Phi) is 6.21. The lowest BCUT2D eigenvalue weighted by Crippen LogP contribution is -2.23. The maximum absolute atomic E-state index is 11.1. The lowest BCUT2D eigenvalue weighted by Gasteiger charge is -2.06. The summed E-state index contributed by atoms with van der Waals surface area (Å²) in [5.74, 6) is 0.230. The maximum atomic E-state index is 11.1. The van der Waals surface area contributed by atoms with Crippen molar-refractivity contribution < 1.29 is 9.66 Å². The predicted octanol–water partition coefficient (Wildman–Crippen LogP) is 3.31. The van der Waals surface area contributed by atoms with Gasteiger partial charge in [-0.1, -0.05) is 18.2 Å². The van der Waals surface area contributed by atoms with Gasteiger partial charge in [0.2, 0.25) is 0 Å². The molecule has 0 amide bonds. The van der Waals surface area contributed by atoms with Crippen molar-refractivity contribution in [3.63, 3.8) is 0 Å². The van der Waals surface area contributed by atoms with Crippen molar-refractivity contribution in [2.75, 3.05) is 11.9 Å². The van der Waals surface area contributed by atoms with Gasteiger partial charge in [0.25, 0.3) is 0 Å². The summed E-state index contributed by atoms with van der Waals surface area (Å²) in [6, 6.07) is 14.0. The lowest BCUT2D eigenvalue weighted by atomic mass is 10.2. The van der Waals surface area contributed by atoms with Gasteiger partial charge in [0.05, 0.1) is 17.7 Å². The number of anilines is 1. The number of hydrazone groups is 1. The molecule has 2 aromatic rings. The molecule has 0 unspecified atom stereocenters. The summed E-state index contributed by atoms with van der Waals surface area (Å²) in [5.41, 5.74) is 3.94. The lowest BCUT2D eigenvalue weighted by molar-refractivity contribution is -0.385. The molecule has 0 radical (unpaired) electrons. The van der Waals surface area contributed by atoms with E-state index in [1.165, 1.54) is 12.3 Å². The van der Waals surface area contributed by atoms with E-state index in [4.69, 9.17) is 17.0 Å². The Hall–Kier alpha value is -3.00. The Morgan fingerprint density at radius 1 is 1.33 bits per heavy atom. The van der Waals surface area contributed by atoms with Crippen molar-refractivity contribution in [2.24, 2.45) is 5.10 Å². The van der Waals surface area contributed by atoms with Crippen LogP contribution in [0.15, 0.2) is 53.6 Å². The van der Waals surface area contributed by atoms with Gasteiger partial charge in [-0.05, 0) is 43.4 Å². The van der Waals surface area contributed by atoms with E-state index in [0.29, 0.717) is 17.3 Å². The number of nitro benzene ring substituents is 1. The van der Waals surface area contributed by atoms with E-state index in [2.05, 4.69) is 15.8 Å². The largest absolute Gasteiger partial charge is 0.487 e. The number of nitro groups is 1. The maximum Gasteiger partial charge on any atom is 0.311 e. The number of thiocarbonyl (C=S) groups is 1. The van der Waals surface area contributed by atoms with Gasteiger partial charge in [-0.25, -0.2) is 0 Å². The number of rotatable bonds is 6. The molecule has 0 saturated heterocycles. The van der Waals surface area contributed by atoms with Crippen molar-refractivity contribution in [3.8, 4) is 5.75 Å². The monoisotopic (exact) mass is 344 g/mol. The first-order valence-corrected chi connectivity index (χ1v) is 7.57. The Balaban J connectivity index is 2.00. The highest BCUT2D eigenvalue weighted by Crippen LogP contribution is 2.27. The predicted molar refractivity (Wildman–Crippen MR) is 97.7 cm³/mol. The van der Waals surface area contributed by atoms with Gasteiger partial charge < -0.3 is 10.1 Å². The first kappa shape index (κ1) is 17.4. The Labute approximate surface area is 144 Å². The average Bonchev–Trinajstić information content (AvgIpc) is 2.57. The van der Waals surface area contributed by atoms with Crippen molar-refractivity contribution >= 4 is 34.9 Å². The van der Waals surface area contributed by atoms with Crippen molar-refractivity contribution in [1.82, 2.24) is 5.43 Å². The Morgan fingerprint density at radius 3 is 2.75 bits per heavy atom. The van der Waals surface area contributed by atoms with E-state index in [1.54, 1.807) is 19.1 Å². The SMILES string of the molecule is CCOc1ccc(/C=N/NC(=S)Nc2ccccc2)cc1[N+](=O)[O-]. The molecule has 0 aromatic heterocycles. The van der Waals surface area contributed by atoms with Gasteiger partial charge in [-0.3, -0.25) is 15.5 Å². The minimum Gasteiger partial charge on any atom is -0.487 e. The second kappa shape index (κ2) is 8.59. The first-order chi connectivity index (χ1) is 11.6. The van der Waals surface area contributed by atoms with Crippen molar-refractivity contribution in [2.45, 2.75) is 6.92 Å². The fraction of sp³-hybridized carbons (Fsp3) is 0.125. The first-order valence-electron chi connectivity index (χ1n) is 7.16. The third-order valence-corrected chi connectivity index (χ3v) is 3.08. The molecule has 24 heavy (non-hydrogen) atoms. The Bertz CT molecular complexity index is 750. The smallest absolute Gasteiger partial charge is 0.311 e. The molecule has 0 aliphatic carbocycles. The van der Waals surface area contributed by atoms with Crippen molar-refractivity contribution in [3.05, 3.63) is 64.2 Å². The summed E-state index contributed by atoms with van der Waals surface area (Å²) < 4.78 is 5.23. The van der Waals surface area contributed by atoms with Gasteiger partial charge in [-0.2, -0.15) is 5.10 Å². The highest BCUT2D eigenvalue weighted by Gasteiger charge is 2.15. The van der Waals surface area contributed by atoms with Gasteiger partial charge in [0.1, 0.15) is 0 Å². The van der Waals surface area contributed by atoms with Crippen LogP contribution in [0.4, 0.5) is 11.4 Å². The second-order valence-electron chi connectivity index (χ2n) is 4.61. The van der Waals surface area contributed by atoms with E-state index < -0.39 is 4.92 Å². The second-order valence-corrected chi connectivity index (χ2v) is 5.02. The van der Waals surface area contributed by atoms with Gasteiger partial charge in [0.15, 0.2) is 10.9 Å². The zero-order chi connectivity index (χ0) is 17.4. The van der Waals surface area contributed by atoms with E-state index in [1.807, 2.05) is 30.3 Å². The highest BCUT2D eigenvalue weighted by molar-refractivity contribution is 7.80. The van der Waals surface area contributed by atoms with Crippen LogP contribution in [0.2, 0.25) is 0 Å². The Morgan fingerprint density at radius 2 is 2.08 bits per heavy atom. The summed E-state index contributed by atoms with van der Waals surface area (Å²) >= 11 is 5.11. The molecule has 2 rings (SSSR count). The molecule has 0 saturated carbocycles. The van der Waals surface area contributed by atoms with E-state index in [-0.39, 0.29) is 11.4 Å². The molecule has 8 heteroatoms. The quantitative estimate of drug-likeness (QED) is 0.362. The zero-order valence-corrected chi connectivity index (χ0v) is 13.7. The summed E-state index contributed by atoms with van der Waals surface area (Å²) in [6.07, 6.45) is 1.45. The number of para-hydroxylation sites is 1. The molecule has 0 fully saturated rings. The highest BCUT2D eigenvalue weighted by atomic mass is 32.1. The minimum absolute atomic E-state index is 0.106. The molecule has 2 aromatic carbocycles. The standard InChI is InChI=1S/C16H16N4O3S/c1-2-23-15-9-8-12(10-14(15)20(21)22)11-17-19-16(24)18-13-6-4-3-5-7-13/h3-11H,2H2,1H3,(H2,18,19,24)/b17-11+. The van der Waals surface area contributed by atoms with E-state index >= 15 is 0 Å². The fourth-order valence-corrected chi connectivity index (χ4v) is 2.05. The molecule has 7 nitrogen and oxygen atoms in total. The van der Waals surface area contributed by atoms with Crippen LogP contribution in [-0.4, -0.2) is 22.9 Å². The van der Waals surface area contributed by atoms with Crippen LogP contribution in [0.3, 0.4) is 0 Å². The molecule has 0 aliphatic heterocycles. The third-order valence-electron chi connectivity index (χ3n) is 2.89. The van der Waals surface area contributed by atoms with Gasteiger partial charge in [0, 0.05) is 17.3 Å².